The monoisotopic (exact) mass is 293 g/mol. The topological polar surface area (TPSA) is 78.6 Å². The van der Waals surface area contributed by atoms with Crippen molar-refractivity contribution in [1.82, 2.24) is 4.90 Å². The van der Waals surface area contributed by atoms with Crippen molar-refractivity contribution in [3.63, 3.8) is 0 Å². The van der Waals surface area contributed by atoms with Crippen LogP contribution < -0.4 is 11.1 Å². The van der Waals surface area contributed by atoms with E-state index in [0.29, 0.717) is 12.1 Å². The van der Waals surface area contributed by atoms with Crippen LogP contribution in [0, 0.1) is 6.92 Å². The number of aryl methyl sites for hydroxylation is 1. The molecule has 0 aliphatic carbocycles. The lowest BCUT2D eigenvalue weighted by Gasteiger charge is -2.33. The quantitative estimate of drug-likeness (QED) is 0.672. The number of aliphatic hydroxyl groups is 1. The lowest BCUT2D eigenvalue weighted by molar-refractivity contribution is -0.116. The fourth-order valence-corrected chi connectivity index (χ4v) is 1.94. The highest BCUT2D eigenvalue weighted by Crippen LogP contribution is 2.18. The Bertz CT molecular complexity index is 486. The van der Waals surface area contributed by atoms with Crippen LogP contribution in [-0.4, -0.2) is 41.7 Å². The van der Waals surface area contributed by atoms with E-state index in [2.05, 4.69) is 10.2 Å². The summed E-state index contributed by atoms with van der Waals surface area (Å²) in [4.78, 5) is 14.0. The van der Waals surface area contributed by atoms with E-state index < -0.39 is 0 Å². The van der Waals surface area contributed by atoms with E-state index in [1.807, 2.05) is 40.0 Å². The van der Waals surface area contributed by atoms with Crippen molar-refractivity contribution in [3.05, 3.63) is 23.8 Å². The Kier molecular flexibility index (Phi) is 6.18. The van der Waals surface area contributed by atoms with Gasteiger partial charge >= 0.3 is 0 Å². The van der Waals surface area contributed by atoms with Gasteiger partial charge in [0.05, 0.1) is 6.61 Å². The number of nitrogen functional groups attached to an aromatic ring is 1. The zero-order chi connectivity index (χ0) is 16.0. The van der Waals surface area contributed by atoms with Gasteiger partial charge < -0.3 is 16.2 Å². The second kappa shape index (κ2) is 7.43. The van der Waals surface area contributed by atoms with Gasteiger partial charge in [0, 0.05) is 23.3 Å². The van der Waals surface area contributed by atoms with Gasteiger partial charge in [0.1, 0.15) is 0 Å². The van der Waals surface area contributed by atoms with Gasteiger partial charge in [-0.15, -0.1) is 0 Å². The molecule has 0 spiro atoms. The predicted octanol–water partition coefficient (Wildman–Crippen LogP) is 2.00. The summed E-state index contributed by atoms with van der Waals surface area (Å²) in [6.07, 6.45) is 1.20. The zero-order valence-electron chi connectivity index (χ0n) is 13.4. The second-order valence-corrected chi connectivity index (χ2v) is 6.12. The molecule has 4 N–H and O–H groups in total. The van der Waals surface area contributed by atoms with Gasteiger partial charge in [-0.1, -0.05) is 0 Å². The molecule has 21 heavy (non-hydrogen) atoms. The zero-order valence-corrected chi connectivity index (χ0v) is 13.4. The number of anilines is 2. The molecule has 0 aromatic heterocycles. The second-order valence-electron chi connectivity index (χ2n) is 6.12. The van der Waals surface area contributed by atoms with Gasteiger partial charge in [0.25, 0.3) is 0 Å². The number of hydrogen-bond donors (Lipinski definition) is 3. The molecular formula is C16H27N3O2. The molecule has 118 valence electrons. The largest absolute Gasteiger partial charge is 0.399 e. The minimum atomic E-state index is -0.260. The number of hydrogen-bond acceptors (Lipinski definition) is 4. The number of carbonyl (C=O) groups is 1. The van der Waals surface area contributed by atoms with Gasteiger partial charge in [0.2, 0.25) is 5.91 Å². The van der Waals surface area contributed by atoms with E-state index in [4.69, 9.17) is 5.73 Å². The number of aliphatic hydroxyl groups excluding tert-OH is 1. The molecule has 5 heteroatoms. The molecule has 1 aromatic rings. The van der Waals surface area contributed by atoms with Gasteiger partial charge in [-0.05, 0) is 64.5 Å². The van der Waals surface area contributed by atoms with Crippen molar-refractivity contribution >= 4 is 17.3 Å². The van der Waals surface area contributed by atoms with Crippen LogP contribution in [0.4, 0.5) is 11.4 Å². The summed E-state index contributed by atoms with van der Waals surface area (Å²) in [7, 11) is 1.96. The first-order valence-electron chi connectivity index (χ1n) is 7.24. The molecule has 0 saturated carbocycles. The van der Waals surface area contributed by atoms with Crippen LogP contribution in [0.25, 0.3) is 0 Å². The molecule has 0 aliphatic heterocycles. The summed E-state index contributed by atoms with van der Waals surface area (Å²) >= 11 is 0. The van der Waals surface area contributed by atoms with Gasteiger partial charge in [-0.2, -0.15) is 0 Å². The van der Waals surface area contributed by atoms with E-state index in [-0.39, 0.29) is 18.1 Å². The Morgan fingerprint density at radius 1 is 1.43 bits per heavy atom. The molecule has 0 radical (unpaired) electrons. The molecule has 1 rings (SSSR count). The highest BCUT2D eigenvalue weighted by Gasteiger charge is 2.21. The van der Waals surface area contributed by atoms with Crippen LogP contribution in [0.15, 0.2) is 18.2 Å². The van der Waals surface area contributed by atoms with Crippen LogP contribution in [0.1, 0.15) is 32.3 Å². The molecule has 0 bridgehead atoms. The van der Waals surface area contributed by atoms with Crippen LogP contribution >= 0.6 is 0 Å². The molecule has 1 amide bonds. The number of nitrogens with zero attached hydrogens (tertiary/aromatic N) is 1. The first-order chi connectivity index (χ1) is 9.76. The third-order valence-corrected chi connectivity index (χ3v) is 3.84. The number of amides is 1. The fraction of sp³-hybridized carbons (Fsp3) is 0.562. The van der Waals surface area contributed by atoms with Gasteiger partial charge in [0.15, 0.2) is 0 Å². The molecule has 0 saturated heterocycles. The SMILES string of the molecule is Cc1cc(N)ccc1NC(=O)CCCN(C)C(C)(C)CO. The minimum Gasteiger partial charge on any atom is -0.399 e. The normalized spacial score (nSPS) is 11.7. The Morgan fingerprint density at radius 2 is 2.10 bits per heavy atom. The Hall–Kier alpha value is -1.59. The summed E-state index contributed by atoms with van der Waals surface area (Å²) in [5.74, 6) is -0.00178. The van der Waals surface area contributed by atoms with Crippen molar-refractivity contribution in [3.8, 4) is 0 Å². The Morgan fingerprint density at radius 3 is 2.67 bits per heavy atom. The average molecular weight is 293 g/mol. The summed E-state index contributed by atoms with van der Waals surface area (Å²) in [5, 5.41) is 12.2. The standard InChI is InChI=1S/C16H27N3O2/c1-12-10-13(17)7-8-14(12)18-15(21)6-5-9-19(4)16(2,3)11-20/h7-8,10,20H,5-6,9,11,17H2,1-4H3,(H,18,21). The maximum atomic E-state index is 11.9. The maximum Gasteiger partial charge on any atom is 0.224 e. The number of nitrogens with two attached hydrogens (primary N) is 1. The predicted molar refractivity (Wildman–Crippen MR) is 87.2 cm³/mol. The highest BCUT2D eigenvalue weighted by molar-refractivity contribution is 5.91. The smallest absolute Gasteiger partial charge is 0.224 e. The first-order valence-corrected chi connectivity index (χ1v) is 7.24. The van der Waals surface area contributed by atoms with Crippen LogP contribution in [0.3, 0.4) is 0 Å². The van der Waals surface area contributed by atoms with Crippen LogP contribution in [0.2, 0.25) is 0 Å². The molecule has 0 aliphatic rings. The molecule has 5 nitrogen and oxygen atoms in total. The summed E-state index contributed by atoms with van der Waals surface area (Å²) in [6, 6.07) is 5.44. The van der Waals surface area contributed by atoms with Crippen molar-refractivity contribution in [1.29, 1.82) is 0 Å². The van der Waals surface area contributed by atoms with E-state index in [0.717, 1.165) is 24.2 Å². The summed E-state index contributed by atoms with van der Waals surface area (Å²) in [5.41, 5.74) is 7.88. The lowest BCUT2D eigenvalue weighted by Crippen LogP contribution is -2.44. The van der Waals surface area contributed by atoms with Crippen LogP contribution in [-0.2, 0) is 4.79 Å². The van der Waals surface area contributed by atoms with E-state index in [1.54, 1.807) is 6.07 Å². The molecule has 0 heterocycles. The number of rotatable bonds is 7. The minimum absolute atomic E-state index is 0.00178. The average Bonchev–Trinajstić information content (AvgIpc) is 2.41. The highest BCUT2D eigenvalue weighted by atomic mass is 16.3. The van der Waals surface area contributed by atoms with Crippen molar-refractivity contribution < 1.29 is 9.90 Å². The molecule has 0 fully saturated rings. The Labute approximate surface area is 127 Å². The number of likely N-dealkylation sites (N-methyl/N-ethyl adjacent to an activating group) is 1. The van der Waals surface area contributed by atoms with Gasteiger partial charge in [-0.25, -0.2) is 0 Å². The summed E-state index contributed by atoms with van der Waals surface area (Å²) in [6.45, 7) is 6.74. The number of benzene rings is 1. The van der Waals surface area contributed by atoms with E-state index >= 15 is 0 Å². The van der Waals surface area contributed by atoms with E-state index in [9.17, 15) is 9.90 Å². The molecule has 1 aromatic carbocycles. The Balaban J connectivity index is 2.41. The molecule has 0 unspecified atom stereocenters. The van der Waals surface area contributed by atoms with E-state index in [1.165, 1.54) is 0 Å². The lowest BCUT2D eigenvalue weighted by atomic mass is 10.0. The third-order valence-electron chi connectivity index (χ3n) is 3.84. The van der Waals surface area contributed by atoms with Crippen LogP contribution in [0.5, 0.6) is 0 Å². The van der Waals surface area contributed by atoms with Crippen molar-refractivity contribution in [2.24, 2.45) is 0 Å². The molecular weight excluding hydrogens is 266 g/mol. The number of nitrogens with one attached hydrogen (secondary N) is 1. The van der Waals surface area contributed by atoms with Gasteiger partial charge in [-0.3, -0.25) is 9.69 Å². The number of carbonyl (C=O) groups excluding carboxylic acids is 1. The fourth-order valence-electron chi connectivity index (χ4n) is 1.94. The summed E-state index contributed by atoms with van der Waals surface area (Å²) < 4.78 is 0. The van der Waals surface area contributed by atoms with Crippen molar-refractivity contribution in [2.75, 3.05) is 31.2 Å². The third kappa shape index (κ3) is 5.36. The first kappa shape index (κ1) is 17.5. The maximum absolute atomic E-state index is 11.9. The van der Waals surface area contributed by atoms with Crippen molar-refractivity contribution in [2.45, 2.75) is 39.2 Å². The molecule has 0 atom stereocenters.